The summed E-state index contributed by atoms with van der Waals surface area (Å²) in [5.74, 6) is -1.51. The third kappa shape index (κ3) is 38.5. The van der Waals surface area contributed by atoms with Gasteiger partial charge in [-0.1, -0.05) is 171 Å². The summed E-state index contributed by atoms with van der Waals surface area (Å²) in [5, 5.41) is 9.63. The fraction of sp³-hybridized carbons (Fsp3) is 0.740. The summed E-state index contributed by atoms with van der Waals surface area (Å²) in [5.41, 5.74) is 0. The molecule has 0 saturated carbocycles. The normalized spacial score (nSPS) is 13.5. The number of allylic oxidation sites excluding steroid dienone is 10. The van der Waals surface area contributed by atoms with Crippen LogP contribution in [-0.4, -0.2) is 80.6 Å². The molecule has 1 N–H and O–H groups in total. The molecule has 334 valence electrons. The Morgan fingerprint density at radius 1 is 0.534 bits per heavy atom. The molecule has 0 bridgehead atoms. The highest BCUT2D eigenvalue weighted by Gasteiger charge is 2.31. The Morgan fingerprint density at radius 3 is 1.48 bits per heavy atom. The molecule has 0 amide bonds. The van der Waals surface area contributed by atoms with Crippen molar-refractivity contribution < 1.29 is 38.2 Å². The molecule has 8 nitrogen and oxygen atoms in total. The molecular weight excluding hydrogens is 727 g/mol. The van der Waals surface area contributed by atoms with Gasteiger partial charge in [-0.05, 0) is 57.8 Å². The minimum absolute atomic E-state index is 0.0481. The quantitative estimate of drug-likeness (QED) is 0.0216. The fourth-order valence-electron chi connectivity index (χ4n) is 6.63. The van der Waals surface area contributed by atoms with Gasteiger partial charge in [-0.2, -0.15) is 0 Å². The molecule has 58 heavy (non-hydrogen) atoms. The van der Waals surface area contributed by atoms with Gasteiger partial charge in [0.15, 0.2) is 12.1 Å². The molecule has 0 aliphatic rings. The lowest BCUT2D eigenvalue weighted by Gasteiger charge is -2.31. The van der Waals surface area contributed by atoms with Crippen LogP contribution in [0, 0.1) is 0 Å². The van der Waals surface area contributed by atoms with E-state index in [4.69, 9.17) is 14.2 Å². The van der Waals surface area contributed by atoms with Crippen LogP contribution in [0.2, 0.25) is 0 Å². The van der Waals surface area contributed by atoms with Gasteiger partial charge in [0, 0.05) is 19.3 Å². The highest BCUT2D eigenvalue weighted by Crippen LogP contribution is 2.14. The maximum Gasteiger partial charge on any atom is 0.362 e. The number of carbonyl (C=O) groups is 3. The lowest BCUT2D eigenvalue weighted by molar-refractivity contribution is -0.887. The number of likely N-dealkylation sites (N-methyl/N-ethyl adjacent to an activating group) is 1. The van der Waals surface area contributed by atoms with E-state index in [-0.39, 0.29) is 36.2 Å². The second-order valence-corrected chi connectivity index (χ2v) is 16.7. The van der Waals surface area contributed by atoms with E-state index in [1.165, 1.54) is 89.9 Å². The van der Waals surface area contributed by atoms with Gasteiger partial charge in [-0.15, -0.1) is 0 Å². The first-order chi connectivity index (χ1) is 28.1. The molecule has 0 rings (SSSR count). The highest BCUT2D eigenvalue weighted by atomic mass is 16.6. The zero-order valence-electron chi connectivity index (χ0n) is 38.0. The Kier molecular flexibility index (Phi) is 38.7. The number of unbranched alkanes of at least 4 members (excludes halogenated alkanes) is 20. The molecule has 0 spiro atoms. The lowest BCUT2D eigenvalue weighted by Crippen LogP contribution is -2.50. The largest absolute Gasteiger partial charge is 0.477 e. The first-order valence-electron chi connectivity index (χ1n) is 23.4. The molecule has 0 saturated heterocycles. The third-order valence-electron chi connectivity index (χ3n) is 10.2. The minimum Gasteiger partial charge on any atom is -0.477 e. The molecule has 0 aromatic carbocycles. The number of carboxylic acid groups (broad SMARTS) is 1. The van der Waals surface area contributed by atoms with E-state index in [1.54, 1.807) is 0 Å². The summed E-state index contributed by atoms with van der Waals surface area (Å²) in [6.45, 7) is 4.57. The number of ether oxygens (including phenoxy) is 3. The summed E-state index contributed by atoms with van der Waals surface area (Å²) in [7, 11) is 5.51. The molecule has 0 aromatic rings. The monoisotopic (exact) mass is 815 g/mol. The molecule has 2 atom stereocenters. The molecule has 8 heteroatoms. The third-order valence-corrected chi connectivity index (χ3v) is 10.2. The van der Waals surface area contributed by atoms with Crippen molar-refractivity contribution in [3.05, 3.63) is 60.8 Å². The topological polar surface area (TPSA) is 99.1 Å². The molecule has 0 fully saturated rings. The van der Waals surface area contributed by atoms with Gasteiger partial charge in [-0.3, -0.25) is 9.59 Å². The van der Waals surface area contributed by atoms with Crippen molar-refractivity contribution in [1.29, 1.82) is 0 Å². The Hall–Kier alpha value is -2.97. The van der Waals surface area contributed by atoms with Gasteiger partial charge >= 0.3 is 17.9 Å². The van der Waals surface area contributed by atoms with Gasteiger partial charge in [0.1, 0.15) is 6.61 Å². The van der Waals surface area contributed by atoms with Crippen LogP contribution in [0.5, 0.6) is 0 Å². The van der Waals surface area contributed by atoms with Crippen molar-refractivity contribution in [2.45, 2.75) is 199 Å². The van der Waals surface area contributed by atoms with Crippen LogP contribution >= 0.6 is 0 Å². The molecular formula is C50H88NO7+. The number of esters is 2. The van der Waals surface area contributed by atoms with Gasteiger partial charge in [0.2, 0.25) is 0 Å². The van der Waals surface area contributed by atoms with Crippen molar-refractivity contribution in [1.82, 2.24) is 0 Å². The van der Waals surface area contributed by atoms with Gasteiger partial charge < -0.3 is 23.8 Å². The number of quaternary nitrogens is 1. The molecule has 0 aliphatic heterocycles. The molecule has 2 unspecified atom stereocenters. The van der Waals surface area contributed by atoms with Crippen LogP contribution < -0.4 is 0 Å². The summed E-state index contributed by atoms with van der Waals surface area (Å²) in [4.78, 5) is 37.0. The van der Waals surface area contributed by atoms with Gasteiger partial charge in [0.25, 0.3) is 0 Å². The second-order valence-electron chi connectivity index (χ2n) is 16.7. The predicted octanol–water partition coefficient (Wildman–Crippen LogP) is 13.0. The number of carboxylic acids is 1. The lowest BCUT2D eigenvalue weighted by atomic mass is 10.1. The van der Waals surface area contributed by atoms with E-state index in [1.807, 2.05) is 45.4 Å². The van der Waals surface area contributed by atoms with E-state index in [0.29, 0.717) is 19.3 Å². The highest BCUT2D eigenvalue weighted by molar-refractivity contribution is 5.72. The van der Waals surface area contributed by atoms with Crippen LogP contribution in [0.3, 0.4) is 0 Å². The summed E-state index contributed by atoms with van der Waals surface area (Å²) >= 11 is 0. The summed E-state index contributed by atoms with van der Waals surface area (Å²) in [6.07, 6.45) is 49.8. The fourth-order valence-corrected chi connectivity index (χ4v) is 6.63. The molecule has 0 aromatic heterocycles. The average molecular weight is 815 g/mol. The van der Waals surface area contributed by atoms with Crippen molar-refractivity contribution >= 4 is 17.9 Å². The van der Waals surface area contributed by atoms with E-state index in [0.717, 1.165) is 64.2 Å². The van der Waals surface area contributed by atoms with E-state index < -0.39 is 18.1 Å². The van der Waals surface area contributed by atoms with Crippen LogP contribution in [0.15, 0.2) is 60.8 Å². The van der Waals surface area contributed by atoms with Crippen LogP contribution in [0.1, 0.15) is 187 Å². The van der Waals surface area contributed by atoms with E-state index >= 15 is 0 Å². The van der Waals surface area contributed by atoms with Crippen molar-refractivity contribution in [2.75, 3.05) is 41.0 Å². The number of aliphatic carboxylic acids is 1. The molecule has 0 aliphatic carbocycles. The van der Waals surface area contributed by atoms with Crippen molar-refractivity contribution in [2.24, 2.45) is 0 Å². The Morgan fingerprint density at radius 2 is 0.983 bits per heavy atom. The predicted molar refractivity (Wildman–Crippen MR) is 243 cm³/mol. The smallest absolute Gasteiger partial charge is 0.362 e. The number of carbonyl (C=O) groups excluding carboxylic acids is 2. The van der Waals surface area contributed by atoms with Crippen molar-refractivity contribution in [3.63, 3.8) is 0 Å². The average Bonchev–Trinajstić information content (AvgIpc) is 3.18. The standard InChI is InChI=1S/C50H87NO7/c1-6-8-10-12-14-16-18-20-22-23-24-25-27-28-30-32-34-36-38-40-48(52)57-45-46(44-56-43-42-47(50(54)55)51(3,4)5)58-49(53)41-39-37-35-33-31-29-26-21-19-17-15-13-11-9-7-2/h9,11,13,15,17,19,21,23-24,26,46-47H,6-8,10,12,14,16,18,20,22,25,27-45H2,1-5H3/p+1/b11-9+,15-13+,19-17+,24-23+,26-21+. The Bertz CT molecular complexity index is 1130. The van der Waals surface area contributed by atoms with Gasteiger partial charge in [0.05, 0.1) is 34.4 Å². The van der Waals surface area contributed by atoms with E-state index in [9.17, 15) is 19.5 Å². The SMILES string of the molecule is CC/C=C/C=C/C=C/C=C/CCCCCCCC(=O)OC(COCCC(C(=O)O)[N+](C)(C)C)COC(=O)CCCCCCCCC/C=C/CCCCCCCCCC. The first-order valence-corrected chi connectivity index (χ1v) is 23.4. The van der Waals surface area contributed by atoms with Crippen LogP contribution in [0.4, 0.5) is 0 Å². The van der Waals surface area contributed by atoms with Crippen molar-refractivity contribution in [3.8, 4) is 0 Å². The first kappa shape index (κ1) is 55.0. The minimum atomic E-state index is -0.881. The van der Waals surface area contributed by atoms with Crippen LogP contribution in [0.25, 0.3) is 0 Å². The zero-order valence-corrected chi connectivity index (χ0v) is 38.0. The second kappa shape index (κ2) is 40.8. The number of hydrogen-bond acceptors (Lipinski definition) is 6. The molecule has 0 radical (unpaired) electrons. The van der Waals surface area contributed by atoms with Gasteiger partial charge in [-0.25, -0.2) is 4.79 Å². The number of nitrogens with zero attached hydrogens (tertiary/aromatic N) is 1. The summed E-state index contributed by atoms with van der Waals surface area (Å²) in [6, 6.07) is -0.622. The maximum atomic E-state index is 12.7. The number of rotatable bonds is 41. The zero-order chi connectivity index (χ0) is 42.8. The Labute approximate surface area is 356 Å². The maximum absolute atomic E-state index is 12.7. The number of hydrogen-bond donors (Lipinski definition) is 1. The molecule has 0 heterocycles. The summed E-state index contributed by atoms with van der Waals surface area (Å²) < 4.78 is 17.3. The van der Waals surface area contributed by atoms with E-state index in [2.05, 4.69) is 50.3 Å². The Balaban J connectivity index is 4.33. The van der Waals surface area contributed by atoms with Crippen LogP contribution in [-0.2, 0) is 28.6 Å².